The normalized spacial score (nSPS) is 14.2. The van der Waals surface area contributed by atoms with Gasteiger partial charge in [-0.25, -0.2) is 34.3 Å². The van der Waals surface area contributed by atoms with E-state index in [1.165, 1.54) is 77.2 Å². The zero-order valence-corrected chi connectivity index (χ0v) is 46.2. The lowest BCUT2D eigenvalue weighted by Crippen LogP contribution is -2.56. The lowest BCUT2D eigenvalue weighted by molar-refractivity contribution is -0.129. The Morgan fingerprint density at radius 2 is 1.02 bits per heavy atom. The van der Waals surface area contributed by atoms with Gasteiger partial charge >= 0.3 is 0 Å². The summed E-state index contributed by atoms with van der Waals surface area (Å²) < 4.78 is 28.7. The average molecular weight is 1130 g/mol. The van der Waals surface area contributed by atoms with E-state index in [1.807, 2.05) is 43.3 Å². The molecule has 1 atom stereocenters. The van der Waals surface area contributed by atoms with Crippen LogP contribution in [0.15, 0.2) is 104 Å². The van der Waals surface area contributed by atoms with Gasteiger partial charge in [0.15, 0.2) is 23.3 Å². The van der Waals surface area contributed by atoms with Crippen molar-refractivity contribution in [2.75, 3.05) is 81.4 Å². The number of carbonyl (C=O) groups is 6. The molecular formula is C55H59N17O11. The molecule has 0 spiro atoms. The van der Waals surface area contributed by atoms with Crippen LogP contribution in [-0.4, -0.2) is 207 Å². The van der Waals surface area contributed by atoms with Crippen molar-refractivity contribution >= 4 is 57.0 Å². The quantitative estimate of drug-likeness (QED) is 0.0923. The molecule has 83 heavy (non-hydrogen) atoms. The van der Waals surface area contributed by atoms with Gasteiger partial charge in [0.05, 0.1) is 59.5 Å². The number of nitrogens with zero attached hydrogens (tertiary/aromatic N) is 14. The Hall–Kier alpha value is -10.1. The second-order valence-corrected chi connectivity index (χ2v) is 18.7. The molecule has 9 heterocycles. The van der Waals surface area contributed by atoms with Crippen LogP contribution in [-0.2, 0) is 43.6 Å². The number of nitrogens with one attached hydrogen (secondary N) is 3. The predicted molar refractivity (Wildman–Crippen MR) is 295 cm³/mol. The number of Topliss-reactive ketones (excluding diaryl/α,β-unsaturated/α-hetero) is 2. The molecule has 0 bridgehead atoms. The molecule has 2 fully saturated rings. The van der Waals surface area contributed by atoms with E-state index in [1.54, 1.807) is 55.4 Å². The van der Waals surface area contributed by atoms with Gasteiger partial charge in [-0.3, -0.25) is 33.9 Å². The topological polar surface area (TPSA) is 322 Å². The maximum absolute atomic E-state index is 13.4. The highest BCUT2D eigenvalue weighted by Crippen LogP contribution is 2.34. The van der Waals surface area contributed by atoms with Crippen molar-refractivity contribution in [3.8, 4) is 23.1 Å². The van der Waals surface area contributed by atoms with Gasteiger partial charge in [-0.1, -0.05) is 36.4 Å². The maximum Gasteiger partial charge on any atom is 0.295 e. The fourth-order valence-electron chi connectivity index (χ4n) is 9.43. The van der Waals surface area contributed by atoms with Crippen molar-refractivity contribution in [3.05, 3.63) is 144 Å². The Kier molecular flexibility index (Phi) is 18.4. The molecule has 11 rings (SSSR count). The van der Waals surface area contributed by atoms with Gasteiger partial charge in [0.2, 0.25) is 0 Å². The molecule has 2 saturated heterocycles. The van der Waals surface area contributed by atoms with Gasteiger partial charge in [-0.2, -0.15) is 5.10 Å². The van der Waals surface area contributed by atoms with Crippen LogP contribution in [0.4, 0.5) is 0 Å². The number of ketones is 2. The van der Waals surface area contributed by atoms with E-state index in [9.17, 15) is 28.8 Å². The number of aromatic nitrogens is 13. The number of hydrogen-bond acceptors (Lipinski definition) is 19. The summed E-state index contributed by atoms with van der Waals surface area (Å²) in [6.07, 6.45) is 10.3. The number of H-pyrrole nitrogens is 3. The van der Waals surface area contributed by atoms with Crippen LogP contribution in [0.1, 0.15) is 65.8 Å². The molecular weight excluding hydrogens is 1070 g/mol. The van der Waals surface area contributed by atoms with Crippen molar-refractivity contribution in [2.45, 2.75) is 32.8 Å². The maximum atomic E-state index is 13.4. The molecule has 0 unspecified atom stereocenters. The third-order valence-corrected chi connectivity index (χ3v) is 13.5. The predicted octanol–water partition coefficient (Wildman–Crippen LogP) is 3.27. The molecule has 0 aliphatic carbocycles. The third kappa shape index (κ3) is 12.6. The van der Waals surface area contributed by atoms with Gasteiger partial charge in [0, 0.05) is 96.7 Å². The van der Waals surface area contributed by atoms with Crippen LogP contribution in [0.25, 0.3) is 33.4 Å². The smallest absolute Gasteiger partial charge is 0.295 e. The average Bonchev–Trinajstić information content (AvgIpc) is 3.79. The lowest BCUT2D eigenvalue weighted by atomic mass is 10.1. The summed E-state index contributed by atoms with van der Waals surface area (Å²) >= 11 is 0. The van der Waals surface area contributed by atoms with E-state index in [-0.39, 0.29) is 68.4 Å². The molecule has 2 aliphatic rings. The number of piperazine rings is 2. The second-order valence-electron chi connectivity index (χ2n) is 18.7. The molecule has 0 saturated carbocycles. The molecule has 2 aliphatic heterocycles. The van der Waals surface area contributed by atoms with Crippen LogP contribution < -0.4 is 9.47 Å². The summed E-state index contributed by atoms with van der Waals surface area (Å²) in [7, 11) is 7.64. The SMILES string of the molecule is COCc1ncn(-c2ncc(OC)c3c(C(=O)C(=O)N4CCN(C(=O)c5ccccc5)CC4)c[nH]c23)n1.COCc1ncn(-c2ncc(OC)c3c(C(=O)C(=O)N4CCN(C(=O)c5ccccc5)[C@H](C)C4)c[nH]c23)n1.COCc1ncn[nH]1. The summed E-state index contributed by atoms with van der Waals surface area (Å²) in [6.45, 7) is 4.87. The minimum absolute atomic E-state index is 0.0952. The van der Waals surface area contributed by atoms with Crippen molar-refractivity contribution in [1.29, 1.82) is 0 Å². The van der Waals surface area contributed by atoms with Crippen LogP contribution >= 0.6 is 0 Å². The highest BCUT2D eigenvalue weighted by molar-refractivity contribution is 6.46. The Bertz CT molecular complexity index is 3720. The molecule has 0 radical (unpaired) electrons. The number of methoxy groups -OCH3 is 5. The number of pyridine rings is 2. The van der Waals surface area contributed by atoms with Crippen LogP contribution in [0.3, 0.4) is 0 Å². The molecule has 28 nitrogen and oxygen atoms in total. The van der Waals surface area contributed by atoms with E-state index >= 15 is 0 Å². The van der Waals surface area contributed by atoms with Crippen molar-refractivity contribution in [1.82, 2.24) is 84.2 Å². The Labute approximate surface area is 473 Å². The van der Waals surface area contributed by atoms with Gasteiger partial charge in [0.25, 0.3) is 35.2 Å². The minimum atomic E-state index is -0.680. The minimum Gasteiger partial charge on any atom is -0.494 e. The fraction of sp³-hybridized carbons (Fsp3) is 0.309. The third-order valence-electron chi connectivity index (χ3n) is 13.5. The molecule has 430 valence electrons. The summed E-state index contributed by atoms with van der Waals surface area (Å²) in [5.41, 5.74) is 2.46. The van der Waals surface area contributed by atoms with Crippen molar-refractivity contribution in [3.63, 3.8) is 0 Å². The van der Waals surface area contributed by atoms with E-state index in [4.69, 9.17) is 23.7 Å². The first-order valence-electron chi connectivity index (χ1n) is 26.0. The first kappa shape index (κ1) is 57.6. The van der Waals surface area contributed by atoms with Gasteiger partial charge < -0.3 is 53.3 Å². The first-order chi connectivity index (χ1) is 40.4. The largest absolute Gasteiger partial charge is 0.494 e. The highest BCUT2D eigenvalue weighted by Gasteiger charge is 2.35. The number of ether oxygens (including phenoxy) is 5. The molecule has 2 aromatic carbocycles. The molecule has 28 heteroatoms. The van der Waals surface area contributed by atoms with E-state index in [0.717, 1.165) is 5.82 Å². The number of carbonyl (C=O) groups excluding carboxylic acids is 6. The van der Waals surface area contributed by atoms with Crippen LogP contribution in [0, 0.1) is 0 Å². The number of amides is 4. The second kappa shape index (κ2) is 26.5. The number of aromatic amines is 3. The van der Waals surface area contributed by atoms with E-state index < -0.39 is 23.4 Å². The number of rotatable bonds is 16. The molecule has 7 aromatic heterocycles. The van der Waals surface area contributed by atoms with E-state index in [0.29, 0.717) is 94.0 Å². The number of fused-ring (bicyclic) bond motifs is 2. The Morgan fingerprint density at radius 3 is 1.48 bits per heavy atom. The zero-order valence-electron chi connectivity index (χ0n) is 46.2. The monoisotopic (exact) mass is 1130 g/mol. The standard InChI is InChI=1S/C26H27N7O5.C25H25N7O5.C4H7N3O/c1-16-13-31(9-10-32(16)25(35)17-7-5-4-6-8-17)26(36)23(34)18-11-27-22-21(18)19(38-3)12-28-24(22)33-15-29-20(30-33)14-37-2;1-36-14-19-28-15-32(29-19)23-21-20(18(37-2)13-27-23)17(12-26-21)22(33)25(35)31-10-8-30(9-11-31)24(34)16-6-4-3-5-7-16;1-8-2-4-5-3-6-7-4/h4-8,11-12,15-16,27H,9-10,13-14H2,1-3H3;3-7,12-13,15,26H,8-11,14H2,1-2H3;3H,2H2,1H3,(H,5,6,7)/t16-;;/m1../s1. The molecule has 4 amide bonds. The summed E-state index contributed by atoms with van der Waals surface area (Å²) in [6, 6.07) is 17.7. The summed E-state index contributed by atoms with van der Waals surface area (Å²) in [4.78, 5) is 112. The van der Waals surface area contributed by atoms with Crippen LogP contribution in [0.5, 0.6) is 11.5 Å². The summed E-state index contributed by atoms with van der Waals surface area (Å²) in [5.74, 6) is 0.319. The van der Waals surface area contributed by atoms with Crippen molar-refractivity contribution in [2.24, 2.45) is 0 Å². The van der Waals surface area contributed by atoms with Gasteiger partial charge in [0.1, 0.15) is 56.1 Å². The van der Waals surface area contributed by atoms with Crippen LogP contribution in [0.2, 0.25) is 0 Å². The first-order valence-corrected chi connectivity index (χ1v) is 26.0. The summed E-state index contributed by atoms with van der Waals surface area (Å²) in [5, 5.41) is 15.8. The number of benzene rings is 2. The van der Waals surface area contributed by atoms with E-state index in [2.05, 4.69) is 55.3 Å². The molecule has 3 N–H and O–H groups in total. The zero-order chi connectivity index (χ0) is 58.6. The lowest BCUT2D eigenvalue weighted by Gasteiger charge is -2.39. The Balaban J connectivity index is 0.000000176. The highest BCUT2D eigenvalue weighted by atomic mass is 16.5. The van der Waals surface area contributed by atoms with Gasteiger partial charge in [-0.15, -0.1) is 10.2 Å². The van der Waals surface area contributed by atoms with Crippen molar-refractivity contribution < 1.29 is 52.5 Å². The fourth-order valence-corrected chi connectivity index (χ4v) is 9.43. The number of hydrogen-bond donors (Lipinski definition) is 3. The van der Waals surface area contributed by atoms with Gasteiger partial charge in [-0.05, 0) is 31.2 Å². The molecule has 9 aromatic rings. The Morgan fingerprint density at radius 1 is 0.554 bits per heavy atom.